The fourth-order valence-corrected chi connectivity index (χ4v) is 3.49. The second-order valence-corrected chi connectivity index (χ2v) is 6.02. The van der Waals surface area contributed by atoms with Crippen LogP contribution in [-0.4, -0.2) is 24.3 Å². The molecule has 1 aromatic rings. The van der Waals surface area contributed by atoms with E-state index in [9.17, 15) is 9.50 Å². The van der Waals surface area contributed by atoms with Gasteiger partial charge in [-0.2, -0.15) is 0 Å². The quantitative estimate of drug-likeness (QED) is 0.877. The van der Waals surface area contributed by atoms with Crippen LogP contribution >= 0.6 is 0 Å². The van der Waals surface area contributed by atoms with Crippen LogP contribution in [0.4, 0.5) is 4.39 Å². The minimum absolute atomic E-state index is 0.0881. The van der Waals surface area contributed by atoms with Crippen LogP contribution in [0, 0.1) is 11.7 Å². The molecule has 2 rings (SSSR count). The summed E-state index contributed by atoms with van der Waals surface area (Å²) in [6.07, 6.45) is 2.22. The molecule has 1 unspecified atom stereocenters. The molecular formula is C16H24FNO. The smallest absolute Gasteiger partial charge is 0.123 e. The lowest BCUT2D eigenvalue weighted by Gasteiger charge is -2.43. The van der Waals surface area contributed by atoms with Gasteiger partial charge >= 0.3 is 0 Å². The molecule has 0 aromatic heterocycles. The molecule has 0 radical (unpaired) electrons. The molecule has 2 N–H and O–H groups in total. The van der Waals surface area contributed by atoms with Gasteiger partial charge in [0.15, 0.2) is 0 Å². The standard InChI is InChI=1S/C16H24FNO/c1-11(2)15-14-5-4-13(17)10-12(14)6-7-16(15,19)8-9-18-3/h4-5,10-11,15,18-19H,6-9H2,1-3H3/t15?,16-/m0/s1. The van der Waals surface area contributed by atoms with E-state index in [1.165, 1.54) is 6.07 Å². The number of benzene rings is 1. The molecule has 2 nitrogen and oxygen atoms in total. The van der Waals surface area contributed by atoms with Crippen LogP contribution in [0.15, 0.2) is 18.2 Å². The topological polar surface area (TPSA) is 32.3 Å². The van der Waals surface area contributed by atoms with Crippen molar-refractivity contribution in [3.63, 3.8) is 0 Å². The molecule has 19 heavy (non-hydrogen) atoms. The van der Waals surface area contributed by atoms with Crippen molar-refractivity contribution < 1.29 is 9.50 Å². The molecular weight excluding hydrogens is 241 g/mol. The molecule has 0 fully saturated rings. The van der Waals surface area contributed by atoms with Crippen LogP contribution < -0.4 is 5.32 Å². The van der Waals surface area contributed by atoms with Crippen molar-refractivity contribution in [3.8, 4) is 0 Å². The first-order valence-electron chi connectivity index (χ1n) is 7.13. The molecule has 1 aliphatic carbocycles. The molecule has 0 amide bonds. The van der Waals surface area contributed by atoms with Crippen molar-refractivity contribution in [2.45, 2.75) is 44.6 Å². The molecule has 1 aromatic carbocycles. The zero-order valence-electron chi connectivity index (χ0n) is 12.0. The van der Waals surface area contributed by atoms with Crippen molar-refractivity contribution in [2.75, 3.05) is 13.6 Å². The Kier molecular flexibility index (Phi) is 4.26. The fourth-order valence-electron chi connectivity index (χ4n) is 3.49. The minimum Gasteiger partial charge on any atom is -0.389 e. The van der Waals surface area contributed by atoms with Gasteiger partial charge in [-0.15, -0.1) is 0 Å². The molecule has 0 saturated heterocycles. The Bertz CT molecular complexity index is 446. The Labute approximate surface area is 115 Å². The Hall–Kier alpha value is -0.930. The fraction of sp³-hybridized carbons (Fsp3) is 0.625. The minimum atomic E-state index is -0.679. The van der Waals surface area contributed by atoms with Crippen LogP contribution in [-0.2, 0) is 6.42 Å². The highest BCUT2D eigenvalue weighted by Crippen LogP contribution is 2.45. The van der Waals surface area contributed by atoms with Crippen molar-refractivity contribution in [3.05, 3.63) is 35.1 Å². The number of nitrogens with one attached hydrogen (secondary N) is 1. The molecule has 106 valence electrons. The third-order valence-corrected chi connectivity index (χ3v) is 4.32. The van der Waals surface area contributed by atoms with Crippen LogP contribution in [0.3, 0.4) is 0 Å². The van der Waals surface area contributed by atoms with Crippen molar-refractivity contribution in [1.82, 2.24) is 5.32 Å². The number of aryl methyl sites for hydroxylation is 1. The second kappa shape index (κ2) is 5.59. The summed E-state index contributed by atoms with van der Waals surface area (Å²) in [4.78, 5) is 0. The van der Waals surface area contributed by atoms with E-state index < -0.39 is 5.60 Å². The third kappa shape index (κ3) is 2.82. The normalized spacial score (nSPS) is 26.5. The first-order chi connectivity index (χ1) is 8.98. The van der Waals surface area contributed by atoms with Gasteiger partial charge in [0.05, 0.1) is 5.60 Å². The first kappa shape index (κ1) is 14.5. The Balaban J connectivity index is 2.38. The second-order valence-electron chi connectivity index (χ2n) is 6.02. The van der Waals surface area contributed by atoms with E-state index in [2.05, 4.69) is 19.2 Å². The van der Waals surface area contributed by atoms with Crippen molar-refractivity contribution in [1.29, 1.82) is 0 Å². The third-order valence-electron chi connectivity index (χ3n) is 4.32. The van der Waals surface area contributed by atoms with Gasteiger partial charge in [0, 0.05) is 5.92 Å². The molecule has 2 atom stereocenters. The number of fused-ring (bicyclic) bond motifs is 1. The maximum Gasteiger partial charge on any atom is 0.123 e. The van der Waals surface area contributed by atoms with Gasteiger partial charge in [0.2, 0.25) is 0 Å². The van der Waals surface area contributed by atoms with Gasteiger partial charge in [-0.1, -0.05) is 19.9 Å². The van der Waals surface area contributed by atoms with Crippen molar-refractivity contribution >= 4 is 0 Å². The number of halogens is 1. The summed E-state index contributed by atoms with van der Waals surface area (Å²) in [5, 5.41) is 14.1. The van der Waals surface area contributed by atoms with Crippen LogP contribution in [0.2, 0.25) is 0 Å². The average Bonchev–Trinajstić information content (AvgIpc) is 2.36. The highest BCUT2D eigenvalue weighted by Gasteiger charge is 2.42. The van der Waals surface area contributed by atoms with Gasteiger partial charge in [-0.05, 0) is 62.0 Å². The molecule has 3 heteroatoms. The van der Waals surface area contributed by atoms with Crippen LogP contribution in [0.5, 0.6) is 0 Å². The number of aliphatic hydroxyl groups is 1. The Morgan fingerprint density at radius 2 is 2.21 bits per heavy atom. The monoisotopic (exact) mass is 265 g/mol. The van der Waals surface area contributed by atoms with E-state index in [1.54, 1.807) is 6.07 Å². The Morgan fingerprint density at radius 1 is 1.47 bits per heavy atom. The maximum atomic E-state index is 13.3. The zero-order chi connectivity index (χ0) is 14.0. The molecule has 0 saturated carbocycles. The lowest BCUT2D eigenvalue weighted by molar-refractivity contribution is -0.0238. The van der Waals surface area contributed by atoms with Crippen LogP contribution in [0.1, 0.15) is 43.7 Å². The largest absolute Gasteiger partial charge is 0.389 e. The highest BCUT2D eigenvalue weighted by molar-refractivity contribution is 5.36. The van der Waals surface area contributed by atoms with E-state index in [1.807, 2.05) is 13.1 Å². The summed E-state index contributed by atoms with van der Waals surface area (Å²) < 4.78 is 13.3. The number of hydrogen-bond donors (Lipinski definition) is 2. The van der Waals surface area contributed by atoms with E-state index >= 15 is 0 Å². The Morgan fingerprint density at radius 3 is 2.84 bits per heavy atom. The summed E-state index contributed by atoms with van der Waals surface area (Å²) >= 11 is 0. The lowest BCUT2D eigenvalue weighted by atomic mass is 9.66. The van der Waals surface area contributed by atoms with E-state index in [0.29, 0.717) is 12.3 Å². The SMILES string of the molecule is CNCC[C@@]1(O)CCc2cc(F)ccc2C1C(C)C. The summed E-state index contributed by atoms with van der Waals surface area (Å²) in [6.45, 7) is 5.07. The van der Waals surface area contributed by atoms with Gasteiger partial charge in [0.1, 0.15) is 5.82 Å². The molecule has 0 aliphatic heterocycles. The highest BCUT2D eigenvalue weighted by atomic mass is 19.1. The maximum absolute atomic E-state index is 13.3. The summed E-state index contributed by atoms with van der Waals surface area (Å²) in [5.74, 6) is 0.249. The first-order valence-corrected chi connectivity index (χ1v) is 7.13. The molecule has 0 bridgehead atoms. The number of rotatable bonds is 4. The van der Waals surface area contributed by atoms with E-state index in [4.69, 9.17) is 0 Å². The zero-order valence-corrected chi connectivity index (χ0v) is 12.0. The molecule has 0 spiro atoms. The average molecular weight is 265 g/mol. The molecule has 0 heterocycles. The van der Waals surface area contributed by atoms with E-state index in [0.717, 1.165) is 30.5 Å². The summed E-state index contributed by atoms with van der Waals surface area (Å²) in [6, 6.07) is 5.00. The van der Waals surface area contributed by atoms with E-state index in [-0.39, 0.29) is 11.7 Å². The van der Waals surface area contributed by atoms with Gasteiger partial charge in [-0.3, -0.25) is 0 Å². The predicted molar refractivity (Wildman–Crippen MR) is 75.8 cm³/mol. The van der Waals surface area contributed by atoms with Gasteiger partial charge in [0.25, 0.3) is 0 Å². The van der Waals surface area contributed by atoms with Gasteiger partial charge < -0.3 is 10.4 Å². The summed E-state index contributed by atoms with van der Waals surface area (Å²) in [7, 11) is 1.90. The van der Waals surface area contributed by atoms with Crippen molar-refractivity contribution in [2.24, 2.45) is 5.92 Å². The predicted octanol–water partition coefficient (Wildman–Crippen LogP) is 2.85. The van der Waals surface area contributed by atoms with Crippen LogP contribution in [0.25, 0.3) is 0 Å². The molecule has 1 aliphatic rings. The lowest BCUT2D eigenvalue weighted by Crippen LogP contribution is -2.44. The summed E-state index contributed by atoms with van der Waals surface area (Å²) in [5.41, 5.74) is 1.51. The van der Waals surface area contributed by atoms with Gasteiger partial charge in [-0.25, -0.2) is 4.39 Å². The number of hydrogen-bond acceptors (Lipinski definition) is 2.